The van der Waals surface area contributed by atoms with Crippen LogP contribution >= 0.6 is 0 Å². The molecule has 2 N–H and O–H groups in total. The smallest absolute Gasteiger partial charge is 0.303 e. The van der Waals surface area contributed by atoms with Crippen molar-refractivity contribution in [2.45, 2.75) is 70.4 Å². The number of esters is 1. The summed E-state index contributed by atoms with van der Waals surface area (Å²) in [5.74, 6) is 1.02. The maximum Gasteiger partial charge on any atom is 0.303 e. The molecular weight excluding hydrogens is 404 g/mol. The van der Waals surface area contributed by atoms with Crippen LogP contribution < -0.4 is 4.74 Å². The van der Waals surface area contributed by atoms with Crippen molar-refractivity contribution in [2.24, 2.45) is 17.3 Å². The molecule has 5 nitrogen and oxygen atoms in total. The van der Waals surface area contributed by atoms with E-state index in [4.69, 9.17) is 9.47 Å². The van der Waals surface area contributed by atoms with Gasteiger partial charge in [-0.25, -0.2) is 0 Å². The number of aryl methyl sites for hydroxylation is 1. The Bertz CT molecular complexity index is 989. The number of hydrogen-bond donors (Lipinski definition) is 2. The van der Waals surface area contributed by atoms with Gasteiger partial charge in [0.05, 0.1) is 6.10 Å². The molecule has 170 valence electrons. The zero-order chi connectivity index (χ0) is 22.5. The Kier molecular flexibility index (Phi) is 5.50. The predicted molar refractivity (Wildman–Crippen MR) is 120 cm³/mol. The first-order valence-corrected chi connectivity index (χ1v) is 11.7. The standard InChI is InChI=1S/C27H32O5/c1-16(28)32-26-25(30)24(29)23-22-10-8-18-14-19(31-15-17-6-4-3-5-7-17)9-11-20(18)21(22)12-13-27(23,26)2/h3-7,9,11,14,21-26,29-30H,8,10,12-13,15H2,1-2H3/t21-,22-,23-,24+,25+,26+,27+/m1/s1. The van der Waals surface area contributed by atoms with Crippen molar-refractivity contribution >= 4 is 5.97 Å². The van der Waals surface area contributed by atoms with E-state index in [1.807, 2.05) is 18.2 Å². The largest absolute Gasteiger partial charge is 0.489 e. The van der Waals surface area contributed by atoms with Gasteiger partial charge in [-0.1, -0.05) is 43.3 Å². The van der Waals surface area contributed by atoms with Crippen molar-refractivity contribution in [2.75, 3.05) is 0 Å². The Hall–Kier alpha value is -2.37. The molecule has 32 heavy (non-hydrogen) atoms. The molecule has 2 saturated carbocycles. The van der Waals surface area contributed by atoms with Crippen LogP contribution in [0.2, 0.25) is 0 Å². The lowest BCUT2D eigenvalue weighted by Gasteiger charge is -2.50. The lowest BCUT2D eigenvalue weighted by Crippen LogP contribution is -2.47. The van der Waals surface area contributed by atoms with Gasteiger partial charge >= 0.3 is 5.97 Å². The van der Waals surface area contributed by atoms with Gasteiger partial charge in [0.15, 0.2) is 0 Å². The summed E-state index contributed by atoms with van der Waals surface area (Å²) in [6, 6.07) is 16.6. The molecule has 5 heteroatoms. The minimum atomic E-state index is -1.03. The van der Waals surface area contributed by atoms with Crippen molar-refractivity contribution in [3.8, 4) is 5.75 Å². The maximum absolute atomic E-state index is 11.7. The molecule has 5 rings (SSSR count). The average molecular weight is 437 g/mol. The number of benzene rings is 2. The minimum absolute atomic E-state index is 0.0808. The maximum atomic E-state index is 11.7. The molecule has 0 radical (unpaired) electrons. The van der Waals surface area contributed by atoms with Crippen LogP contribution in [-0.4, -0.2) is 34.5 Å². The highest BCUT2D eigenvalue weighted by Crippen LogP contribution is 2.61. The van der Waals surface area contributed by atoms with E-state index in [9.17, 15) is 15.0 Å². The van der Waals surface area contributed by atoms with Gasteiger partial charge in [0.1, 0.15) is 24.6 Å². The summed E-state index contributed by atoms with van der Waals surface area (Å²) in [5.41, 5.74) is 3.41. The van der Waals surface area contributed by atoms with Gasteiger partial charge in [0.25, 0.3) is 0 Å². The second-order valence-corrected chi connectivity index (χ2v) is 10.0. The average Bonchev–Trinajstić information content (AvgIpc) is 2.98. The summed E-state index contributed by atoms with van der Waals surface area (Å²) >= 11 is 0. The molecule has 3 aliphatic carbocycles. The molecule has 2 aromatic rings. The summed E-state index contributed by atoms with van der Waals surface area (Å²) in [6.07, 6.45) is 1.12. The lowest BCUT2D eigenvalue weighted by molar-refractivity contribution is -0.161. The van der Waals surface area contributed by atoms with Crippen molar-refractivity contribution in [1.29, 1.82) is 0 Å². The molecule has 2 fully saturated rings. The third kappa shape index (κ3) is 3.52. The number of rotatable bonds is 4. The van der Waals surface area contributed by atoms with Crippen LogP contribution in [0.4, 0.5) is 0 Å². The molecule has 0 amide bonds. The molecule has 7 atom stereocenters. The first kappa shape index (κ1) is 21.5. The fraction of sp³-hybridized carbons (Fsp3) is 0.519. The number of carbonyl (C=O) groups is 1. The van der Waals surface area contributed by atoms with Crippen LogP contribution in [-0.2, 0) is 22.6 Å². The van der Waals surface area contributed by atoms with Crippen LogP contribution in [0.15, 0.2) is 48.5 Å². The number of carbonyl (C=O) groups excluding carboxylic acids is 1. The number of hydrogen-bond acceptors (Lipinski definition) is 5. The van der Waals surface area contributed by atoms with E-state index in [0.717, 1.165) is 37.0 Å². The van der Waals surface area contributed by atoms with Gasteiger partial charge in [-0.2, -0.15) is 0 Å². The van der Waals surface area contributed by atoms with Crippen LogP contribution in [0, 0.1) is 17.3 Å². The van der Waals surface area contributed by atoms with Crippen LogP contribution in [0.3, 0.4) is 0 Å². The second-order valence-electron chi connectivity index (χ2n) is 10.0. The SMILES string of the molecule is CC(=O)O[C@H]1[C@@H](O)[C@@H](O)[C@H]2[C@@H]3CCc4cc(OCc5ccccc5)ccc4[C@H]3CC[C@@]21C. The second kappa shape index (κ2) is 8.20. The molecule has 0 aliphatic heterocycles. The van der Waals surface area contributed by atoms with E-state index in [2.05, 4.69) is 37.3 Å². The Morgan fingerprint density at radius 2 is 1.88 bits per heavy atom. The van der Waals surface area contributed by atoms with Crippen molar-refractivity contribution in [1.82, 2.24) is 0 Å². The van der Waals surface area contributed by atoms with Gasteiger partial charge < -0.3 is 19.7 Å². The number of fused-ring (bicyclic) bond motifs is 5. The molecule has 3 aliphatic rings. The molecule has 2 aromatic carbocycles. The Morgan fingerprint density at radius 3 is 2.62 bits per heavy atom. The zero-order valence-electron chi connectivity index (χ0n) is 18.7. The van der Waals surface area contributed by atoms with Crippen molar-refractivity contribution in [3.05, 3.63) is 65.2 Å². The molecule has 0 unspecified atom stereocenters. The fourth-order valence-corrected chi connectivity index (χ4v) is 6.81. The predicted octanol–water partition coefficient (Wildman–Crippen LogP) is 4.00. The minimum Gasteiger partial charge on any atom is -0.489 e. The third-order valence-electron chi connectivity index (χ3n) is 8.21. The fourth-order valence-electron chi connectivity index (χ4n) is 6.81. The topological polar surface area (TPSA) is 76.0 Å². The van der Waals surface area contributed by atoms with E-state index in [1.165, 1.54) is 18.1 Å². The Morgan fingerprint density at radius 1 is 1.09 bits per heavy atom. The van der Waals surface area contributed by atoms with Gasteiger partial charge in [-0.15, -0.1) is 0 Å². The summed E-state index contributed by atoms with van der Waals surface area (Å²) in [5, 5.41) is 21.7. The van der Waals surface area contributed by atoms with Crippen LogP contribution in [0.1, 0.15) is 55.7 Å². The molecule has 0 heterocycles. The highest BCUT2D eigenvalue weighted by Gasteiger charge is 2.64. The summed E-state index contributed by atoms with van der Waals surface area (Å²) in [7, 11) is 0. The van der Waals surface area contributed by atoms with Gasteiger partial charge in [0, 0.05) is 12.3 Å². The van der Waals surface area contributed by atoms with E-state index in [-0.39, 0.29) is 11.8 Å². The van der Waals surface area contributed by atoms with E-state index >= 15 is 0 Å². The normalized spacial score (nSPS) is 35.4. The van der Waals surface area contributed by atoms with E-state index in [0.29, 0.717) is 12.5 Å². The monoisotopic (exact) mass is 436 g/mol. The molecule has 0 saturated heterocycles. The molecule has 0 bridgehead atoms. The third-order valence-corrected chi connectivity index (χ3v) is 8.21. The van der Waals surface area contributed by atoms with E-state index in [1.54, 1.807) is 0 Å². The molecule has 0 aromatic heterocycles. The van der Waals surface area contributed by atoms with E-state index < -0.39 is 29.7 Å². The highest BCUT2D eigenvalue weighted by molar-refractivity contribution is 5.66. The lowest BCUT2D eigenvalue weighted by atomic mass is 9.55. The number of ether oxygens (including phenoxy) is 2. The first-order chi connectivity index (χ1) is 15.4. The molecule has 0 spiro atoms. The molecular formula is C27H32O5. The van der Waals surface area contributed by atoms with Crippen molar-refractivity contribution in [3.63, 3.8) is 0 Å². The zero-order valence-corrected chi connectivity index (χ0v) is 18.7. The Labute approximate surface area is 189 Å². The Balaban J connectivity index is 1.36. The van der Waals surface area contributed by atoms with Gasteiger partial charge in [-0.3, -0.25) is 4.79 Å². The summed E-state index contributed by atoms with van der Waals surface area (Å²) < 4.78 is 11.6. The summed E-state index contributed by atoms with van der Waals surface area (Å²) in [6.45, 7) is 4.00. The quantitative estimate of drug-likeness (QED) is 0.709. The van der Waals surface area contributed by atoms with Crippen LogP contribution in [0.25, 0.3) is 0 Å². The van der Waals surface area contributed by atoms with Crippen LogP contribution in [0.5, 0.6) is 5.75 Å². The number of aliphatic hydroxyl groups excluding tert-OH is 2. The first-order valence-electron chi connectivity index (χ1n) is 11.7. The van der Waals surface area contributed by atoms with Gasteiger partial charge in [0.2, 0.25) is 0 Å². The number of aliphatic hydroxyl groups is 2. The van der Waals surface area contributed by atoms with Crippen molar-refractivity contribution < 1.29 is 24.5 Å². The summed E-state index contributed by atoms with van der Waals surface area (Å²) in [4.78, 5) is 11.7. The van der Waals surface area contributed by atoms with Gasteiger partial charge in [-0.05, 0) is 72.3 Å². The highest BCUT2D eigenvalue weighted by atomic mass is 16.6.